The molecular formula is C35H46N7O8P. The van der Waals surface area contributed by atoms with Crippen molar-refractivity contribution in [1.29, 1.82) is 0 Å². The first-order valence-electron chi connectivity index (χ1n) is 16.8. The van der Waals surface area contributed by atoms with E-state index in [0.717, 1.165) is 5.56 Å². The number of rotatable bonds is 21. The number of carboxylic acids is 2. The standard InChI is InChI=1S/C35H46N7O8P/c1-4-27(26-14-10-7-11-15-26)35(5-2,34(47)48)40-51(49,39-28(33(45)46)22-25-12-8-6-9-13-25)21-20-41(17-16-29(43)50-3)18-19-42-24-38-30-31(42)36-23-37-32(30)44/h6-15,23-24,27-28H,4-5,16-22H2,1-3H3,(H,45,46)(H,47,48)(H,36,37,44)(H2,39,40,49)/t27?,28-,35-,51?/m0/s1. The van der Waals surface area contributed by atoms with Crippen molar-refractivity contribution < 1.29 is 33.9 Å². The number of aliphatic carboxylic acids is 2. The highest BCUT2D eigenvalue weighted by Crippen LogP contribution is 2.46. The van der Waals surface area contributed by atoms with Crippen LogP contribution in [0.5, 0.6) is 0 Å². The van der Waals surface area contributed by atoms with Crippen LogP contribution in [0.25, 0.3) is 11.2 Å². The Morgan fingerprint density at radius 3 is 2.31 bits per heavy atom. The molecule has 0 aliphatic rings. The number of hydrogen-bond donors (Lipinski definition) is 5. The fraction of sp³-hybridized carbons (Fsp3) is 0.429. The number of fused-ring (bicyclic) bond motifs is 1. The monoisotopic (exact) mass is 723 g/mol. The number of imidazole rings is 1. The lowest BCUT2D eigenvalue weighted by molar-refractivity contribution is -0.145. The number of benzene rings is 2. The van der Waals surface area contributed by atoms with Crippen LogP contribution in [0.2, 0.25) is 0 Å². The molecule has 274 valence electrons. The first-order chi connectivity index (χ1) is 24.4. The maximum Gasteiger partial charge on any atom is 0.324 e. The van der Waals surface area contributed by atoms with E-state index < -0.39 is 42.8 Å². The van der Waals surface area contributed by atoms with Crippen molar-refractivity contribution >= 4 is 36.5 Å². The number of carbonyl (C=O) groups excluding carboxylic acids is 1. The minimum absolute atomic E-state index is 0.00415. The van der Waals surface area contributed by atoms with Gasteiger partial charge >= 0.3 is 17.9 Å². The van der Waals surface area contributed by atoms with Crippen LogP contribution in [-0.2, 0) is 36.7 Å². The van der Waals surface area contributed by atoms with Gasteiger partial charge in [0.25, 0.3) is 5.56 Å². The van der Waals surface area contributed by atoms with Gasteiger partial charge in [-0.3, -0.25) is 23.7 Å². The smallest absolute Gasteiger partial charge is 0.324 e. The second-order valence-electron chi connectivity index (χ2n) is 12.3. The molecule has 2 unspecified atom stereocenters. The van der Waals surface area contributed by atoms with Gasteiger partial charge in [0.15, 0.2) is 11.2 Å². The Labute approximate surface area is 295 Å². The van der Waals surface area contributed by atoms with E-state index in [4.69, 9.17) is 4.74 Å². The molecule has 0 bridgehead atoms. The molecule has 51 heavy (non-hydrogen) atoms. The quantitative estimate of drug-likeness (QED) is 0.0617. The summed E-state index contributed by atoms with van der Waals surface area (Å²) in [5, 5.41) is 27.1. The molecule has 2 aromatic carbocycles. The van der Waals surface area contributed by atoms with Gasteiger partial charge in [-0.15, -0.1) is 0 Å². The van der Waals surface area contributed by atoms with Crippen molar-refractivity contribution in [2.75, 3.05) is 32.9 Å². The lowest BCUT2D eigenvalue weighted by Gasteiger charge is -2.41. The minimum Gasteiger partial charge on any atom is -0.480 e. The number of ether oxygens (including phenoxy) is 1. The highest BCUT2D eigenvalue weighted by atomic mass is 31.2. The fourth-order valence-corrected chi connectivity index (χ4v) is 8.97. The summed E-state index contributed by atoms with van der Waals surface area (Å²) < 4.78 is 21.8. The molecule has 16 heteroatoms. The molecule has 0 saturated heterocycles. The van der Waals surface area contributed by atoms with Gasteiger partial charge in [-0.1, -0.05) is 74.5 Å². The summed E-state index contributed by atoms with van der Waals surface area (Å²) in [6, 6.07) is 16.7. The number of aromatic amines is 1. The number of nitrogens with one attached hydrogen (secondary N) is 3. The van der Waals surface area contributed by atoms with Crippen LogP contribution in [-0.4, -0.2) is 97.0 Å². The van der Waals surface area contributed by atoms with Crippen LogP contribution in [0.15, 0.2) is 78.1 Å². The number of carboxylic acid groups (broad SMARTS) is 2. The highest BCUT2D eigenvalue weighted by molar-refractivity contribution is 7.60. The van der Waals surface area contributed by atoms with E-state index in [1.54, 1.807) is 41.8 Å². The van der Waals surface area contributed by atoms with Gasteiger partial charge in [-0.25, -0.2) is 20.1 Å². The van der Waals surface area contributed by atoms with Crippen LogP contribution in [0.1, 0.15) is 50.2 Å². The average Bonchev–Trinajstić information content (AvgIpc) is 3.55. The Balaban J connectivity index is 1.70. The van der Waals surface area contributed by atoms with Crippen LogP contribution < -0.4 is 15.7 Å². The van der Waals surface area contributed by atoms with Crippen molar-refractivity contribution in [2.45, 2.75) is 63.6 Å². The van der Waals surface area contributed by atoms with E-state index in [0.29, 0.717) is 30.7 Å². The molecule has 0 amide bonds. The van der Waals surface area contributed by atoms with Gasteiger partial charge in [0.05, 0.1) is 26.2 Å². The maximum absolute atomic E-state index is 15.3. The van der Waals surface area contributed by atoms with E-state index in [9.17, 15) is 29.4 Å². The maximum atomic E-state index is 15.3. The summed E-state index contributed by atoms with van der Waals surface area (Å²) in [7, 11) is -2.80. The summed E-state index contributed by atoms with van der Waals surface area (Å²) in [5.41, 5.74) is -0.155. The first-order valence-corrected chi connectivity index (χ1v) is 18.7. The zero-order valence-corrected chi connectivity index (χ0v) is 29.9. The molecule has 4 rings (SSSR count). The van der Waals surface area contributed by atoms with E-state index in [1.165, 1.54) is 19.8 Å². The Morgan fingerprint density at radius 2 is 1.71 bits per heavy atom. The van der Waals surface area contributed by atoms with Crippen LogP contribution in [0.3, 0.4) is 0 Å². The molecule has 0 saturated carbocycles. The van der Waals surface area contributed by atoms with Crippen molar-refractivity contribution in [1.82, 2.24) is 34.6 Å². The Hall–Kier alpha value is -4.69. The molecule has 4 atom stereocenters. The second-order valence-corrected chi connectivity index (χ2v) is 14.7. The summed E-state index contributed by atoms with van der Waals surface area (Å²) in [4.78, 5) is 63.0. The molecule has 0 radical (unpaired) electrons. The van der Waals surface area contributed by atoms with Gasteiger partial charge < -0.3 is 29.4 Å². The summed E-state index contributed by atoms with van der Waals surface area (Å²) in [5.74, 6) is -3.53. The van der Waals surface area contributed by atoms with Gasteiger partial charge in [0.2, 0.25) is 7.44 Å². The number of hydrogen-bond acceptors (Lipinski definition) is 9. The normalized spacial score (nSPS) is 15.1. The Morgan fingerprint density at radius 1 is 1.02 bits per heavy atom. The van der Waals surface area contributed by atoms with Crippen LogP contribution >= 0.6 is 7.44 Å². The molecule has 2 heterocycles. The van der Waals surface area contributed by atoms with Crippen molar-refractivity contribution in [2.24, 2.45) is 0 Å². The average molecular weight is 724 g/mol. The highest BCUT2D eigenvalue weighted by Gasteiger charge is 2.49. The molecular weight excluding hydrogens is 677 g/mol. The van der Waals surface area contributed by atoms with Crippen LogP contribution in [0, 0.1) is 0 Å². The summed E-state index contributed by atoms with van der Waals surface area (Å²) in [6.07, 6.45) is 3.02. The first kappa shape index (κ1) is 39.1. The molecule has 0 spiro atoms. The zero-order valence-electron chi connectivity index (χ0n) is 29.0. The lowest BCUT2D eigenvalue weighted by atomic mass is 9.76. The fourth-order valence-electron chi connectivity index (χ4n) is 6.34. The molecule has 0 aliphatic carbocycles. The number of H-pyrrole nitrogens is 1. The second kappa shape index (κ2) is 18.0. The van der Waals surface area contributed by atoms with Gasteiger partial charge in [-0.2, -0.15) is 0 Å². The SMILES string of the molecule is CCC(c1ccccc1)[C@](CC)(NP(=O)(CCN(CCC(=O)OC)CCn1cnc2c(=O)[nH]cnc21)N[C@@H](Cc1ccccc1)C(=O)O)C(=O)O. The minimum atomic E-state index is -4.08. The third-order valence-corrected chi connectivity index (χ3v) is 11.4. The topological polar surface area (TPSA) is 209 Å². The largest absolute Gasteiger partial charge is 0.480 e. The van der Waals surface area contributed by atoms with Crippen LogP contribution in [0.4, 0.5) is 0 Å². The summed E-state index contributed by atoms with van der Waals surface area (Å²) >= 11 is 0. The zero-order chi connectivity index (χ0) is 37.0. The van der Waals surface area contributed by atoms with Crippen molar-refractivity contribution in [3.05, 3.63) is 94.8 Å². The van der Waals surface area contributed by atoms with Gasteiger partial charge in [-0.05, 0) is 30.4 Å². The van der Waals surface area contributed by atoms with E-state index >= 15 is 4.57 Å². The molecule has 5 N–H and O–H groups in total. The Bertz CT molecular complexity index is 1870. The number of aromatic nitrogens is 4. The number of carbonyl (C=O) groups is 3. The number of methoxy groups -OCH3 is 1. The van der Waals surface area contributed by atoms with E-state index in [2.05, 4.69) is 25.1 Å². The molecule has 4 aromatic rings. The summed E-state index contributed by atoms with van der Waals surface area (Å²) in [6.45, 7) is 4.42. The van der Waals surface area contributed by atoms with Gasteiger partial charge in [0.1, 0.15) is 11.6 Å². The molecule has 2 aromatic heterocycles. The molecule has 15 nitrogen and oxygen atoms in total. The Kier molecular flexibility index (Phi) is 13.8. The third-order valence-electron chi connectivity index (χ3n) is 9.13. The van der Waals surface area contributed by atoms with Gasteiger partial charge in [0, 0.05) is 38.3 Å². The van der Waals surface area contributed by atoms with Crippen molar-refractivity contribution in [3.63, 3.8) is 0 Å². The van der Waals surface area contributed by atoms with Crippen molar-refractivity contribution in [3.8, 4) is 0 Å². The predicted octanol–water partition coefficient (Wildman–Crippen LogP) is 3.48. The van der Waals surface area contributed by atoms with E-state index in [1.807, 2.05) is 42.2 Å². The number of nitrogens with zero attached hydrogens (tertiary/aromatic N) is 4. The predicted molar refractivity (Wildman–Crippen MR) is 192 cm³/mol. The van der Waals surface area contributed by atoms with E-state index in [-0.39, 0.29) is 49.6 Å². The third kappa shape index (κ3) is 9.97. The molecule has 0 fully saturated rings. The molecule has 0 aliphatic heterocycles. The lowest BCUT2D eigenvalue weighted by Crippen LogP contribution is -2.57. The number of esters is 1.